The molecule has 2 heterocycles. The number of rotatable bonds is 5. The first-order valence-corrected chi connectivity index (χ1v) is 8.72. The van der Waals surface area contributed by atoms with Gasteiger partial charge in [0.25, 0.3) is 5.91 Å². The van der Waals surface area contributed by atoms with E-state index in [1.54, 1.807) is 23.1 Å². The van der Waals surface area contributed by atoms with E-state index >= 15 is 0 Å². The molecule has 1 aromatic heterocycles. The highest BCUT2D eigenvalue weighted by Gasteiger charge is 2.35. The molecule has 1 aliphatic rings. The van der Waals surface area contributed by atoms with Gasteiger partial charge in [-0.25, -0.2) is 4.98 Å². The van der Waals surface area contributed by atoms with Crippen LogP contribution in [0, 0.1) is 6.92 Å². The number of fused-ring (bicyclic) bond motifs is 1. The number of methoxy groups -OCH3 is 1. The normalized spacial score (nSPS) is 20.5. The number of H-pyrrole nitrogens is 1. The number of nitrogens with one attached hydrogen (secondary N) is 2. The van der Waals surface area contributed by atoms with Crippen LogP contribution in [0.5, 0.6) is 0 Å². The second kappa shape index (κ2) is 8.03. The number of aromatic amines is 1. The first kappa shape index (κ1) is 19.3. The minimum atomic E-state index is -1.37. The SMILES string of the molecule is COCC(=O)NC[C@@]1(O)COCCN(C(=O)c2ccc3nc(C)[nH]c3c2)C1. The molecule has 3 N–H and O–H groups in total. The lowest BCUT2D eigenvalue weighted by Crippen LogP contribution is -2.53. The molecule has 1 aliphatic heterocycles. The predicted molar refractivity (Wildman–Crippen MR) is 97.4 cm³/mol. The number of nitrogens with zero attached hydrogens (tertiary/aromatic N) is 2. The Morgan fingerprint density at radius 1 is 1.48 bits per heavy atom. The average molecular weight is 376 g/mol. The number of imidazole rings is 1. The highest BCUT2D eigenvalue weighted by Crippen LogP contribution is 2.18. The number of β-amino-alcohol motifs (C(OH)–C–C–N with tert-alkyl or cyclic N) is 1. The lowest BCUT2D eigenvalue weighted by atomic mass is 10.0. The molecule has 146 valence electrons. The van der Waals surface area contributed by atoms with Crippen LogP contribution in [-0.2, 0) is 14.3 Å². The number of hydrogen-bond acceptors (Lipinski definition) is 6. The molecular formula is C18H24N4O5. The lowest BCUT2D eigenvalue weighted by Gasteiger charge is -2.31. The van der Waals surface area contributed by atoms with Crippen molar-refractivity contribution in [2.24, 2.45) is 0 Å². The second-order valence-corrected chi connectivity index (χ2v) is 6.77. The van der Waals surface area contributed by atoms with Crippen molar-refractivity contribution in [2.45, 2.75) is 12.5 Å². The number of amides is 2. The van der Waals surface area contributed by atoms with Gasteiger partial charge in [-0.3, -0.25) is 9.59 Å². The fourth-order valence-electron chi connectivity index (χ4n) is 3.10. The summed E-state index contributed by atoms with van der Waals surface area (Å²) in [6.45, 7) is 2.48. The van der Waals surface area contributed by atoms with Gasteiger partial charge in [0.05, 0.1) is 37.3 Å². The van der Waals surface area contributed by atoms with E-state index in [9.17, 15) is 14.7 Å². The van der Waals surface area contributed by atoms with Crippen molar-refractivity contribution in [1.29, 1.82) is 0 Å². The van der Waals surface area contributed by atoms with E-state index in [4.69, 9.17) is 9.47 Å². The van der Waals surface area contributed by atoms with E-state index < -0.39 is 5.60 Å². The van der Waals surface area contributed by atoms with Gasteiger partial charge in [-0.15, -0.1) is 0 Å². The Bertz CT molecular complexity index is 836. The fourth-order valence-corrected chi connectivity index (χ4v) is 3.10. The van der Waals surface area contributed by atoms with Crippen molar-refractivity contribution in [1.82, 2.24) is 20.2 Å². The van der Waals surface area contributed by atoms with Gasteiger partial charge in [-0.05, 0) is 25.1 Å². The minimum Gasteiger partial charge on any atom is -0.384 e. The minimum absolute atomic E-state index is 0.0300. The van der Waals surface area contributed by atoms with E-state index in [0.29, 0.717) is 18.7 Å². The molecule has 9 nitrogen and oxygen atoms in total. The number of carbonyl (C=O) groups is 2. The van der Waals surface area contributed by atoms with E-state index in [-0.39, 0.29) is 38.1 Å². The van der Waals surface area contributed by atoms with Crippen molar-refractivity contribution in [3.8, 4) is 0 Å². The van der Waals surface area contributed by atoms with Crippen LogP contribution in [0.4, 0.5) is 0 Å². The first-order valence-electron chi connectivity index (χ1n) is 8.72. The Morgan fingerprint density at radius 2 is 2.30 bits per heavy atom. The molecule has 1 saturated heterocycles. The van der Waals surface area contributed by atoms with Gasteiger partial charge in [-0.1, -0.05) is 0 Å². The van der Waals surface area contributed by atoms with E-state index in [1.165, 1.54) is 7.11 Å². The zero-order valence-electron chi connectivity index (χ0n) is 15.4. The van der Waals surface area contributed by atoms with Gasteiger partial charge >= 0.3 is 0 Å². The Balaban J connectivity index is 1.73. The molecule has 2 aromatic rings. The van der Waals surface area contributed by atoms with Gasteiger partial charge in [-0.2, -0.15) is 0 Å². The lowest BCUT2D eigenvalue weighted by molar-refractivity contribution is -0.126. The van der Waals surface area contributed by atoms with Gasteiger partial charge in [0.1, 0.15) is 18.0 Å². The number of benzene rings is 1. The number of hydrogen-bond donors (Lipinski definition) is 3. The molecular weight excluding hydrogens is 352 g/mol. The molecule has 27 heavy (non-hydrogen) atoms. The number of aliphatic hydroxyl groups is 1. The summed E-state index contributed by atoms with van der Waals surface area (Å²) in [7, 11) is 1.42. The summed E-state index contributed by atoms with van der Waals surface area (Å²) in [6, 6.07) is 5.26. The maximum Gasteiger partial charge on any atom is 0.254 e. The zero-order valence-corrected chi connectivity index (χ0v) is 15.4. The van der Waals surface area contributed by atoms with Crippen LogP contribution in [0.25, 0.3) is 11.0 Å². The highest BCUT2D eigenvalue weighted by molar-refractivity contribution is 5.97. The molecule has 0 unspecified atom stereocenters. The predicted octanol–water partition coefficient (Wildman–Crippen LogP) is -0.163. The van der Waals surface area contributed by atoms with Gasteiger partial charge in [0, 0.05) is 19.2 Å². The molecule has 9 heteroatoms. The second-order valence-electron chi connectivity index (χ2n) is 6.77. The first-order chi connectivity index (χ1) is 12.9. The van der Waals surface area contributed by atoms with Crippen molar-refractivity contribution in [3.63, 3.8) is 0 Å². The van der Waals surface area contributed by atoms with Crippen molar-refractivity contribution in [2.75, 3.05) is 46.6 Å². The van der Waals surface area contributed by atoms with E-state index in [0.717, 1.165) is 16.9 Å². The fraction of sp³-hybridized carbons (Fsp3) is 0.500. The summed E-state index contributed by atoms with van der Waals surface area (Å²) >= 11 is 0. The summed E-state index contributed by atoms with van der Waals surface area (Å²) < 4.78 is 10.2. The van der Waals surface area contributed by atoms with Crippen molar-refractivity contribution in [3.05, 3.63) is 29.6 Å². The Labute approximate surface area is 156 Å². The van der Waals surface area contributed by atoms with Gasteiger partial charge in [0.15, 0.2) is 0 Å². The Morgan fingerprint density at radius 3 is 3.07 bits per heavy atom. The molecule has 1 fully saturated rings. The third kappa shape index (κ3) is 4.62. The molecule has 0 aliphatic carbocycles. The van der Waals surface area contributed by atoms with Gasteiger partial charge < -0.3 is 29.8 Å². The maximum atomic E-state index is 12.9. The van der Waals surface area contributed by atoms with Crippen LogP contribution in [0.2, 0.25) is 0 Å². The van der Waals surface area contributed by atoms with E-state index in [1.807, 2.05) is 6.92 Å². The topological polar surface area (TPSA) is 117 Å². The summed E-state index contributed by atoms with van der Waals surface area (Å²) in [4.78, 5) is 33.5. The average Bonchev–Trinajstić information content (AvgIpc) is 2.89. The smallest absolute Gasteiger partial charge is 0.254 e. The van der Waals surface area contributed by atoms with Crippen LogP contribution < -0.4 is 5.32 Å². The summed E-state index contributed by atoms with van der Waals surface area (Å²) in [6.07, 6.45) is 0. The summed E-state index contributed by atoms with van der Waals surface area (Å²) in [5.74, 6) is 0.225. The van der Waals surface area contributed by atoms with Crippen LogP contribution >= 0.6 is 0 Å². The third-order valence-electron chi connectivity index (χ3n) is 4.39. The molecule has 3 rings (SSSR count). The molecule has 0 saturated carbocycles. The zero-order chi connectivity index (χ0) is 19.4. The van der Waals surface area contributed by atoms with Crippen LogP contribution in [-0.4, -0.2) is 84.0 Å². The standard InChI is InChI=1S/C18H24N4O5/c1-12-20-14-4-3-13(7-15(14)21-12)17(24)22-5-6-27-11-18(25,10-22)9-19-16(23)8-26-2/h3-4,7,25H,5-6,8-11H2,1-2H3,(H,19,23)(H,20,21)/t18-/m0/s1. The molecule has 0 radical (unpaired) electrons. The number of aryl methyl sites for hydroxylation is 1. The largest absolute Gasteiger partial charge is 0.384 e. The van der Waals surface area contributed by atoms with E-state index in [2.05, 4.69) is 15.3 Å². The molecule has 0 spiro atoms. The van der Waals surface area contributed by atoms with Crippen molar-refractivity contribution >= 4 is 22.8 Å². The summed E-state index contributed by atoms with van der Waals surface area (Å²) in [5, 5.41) is 13.4. The molecule has 2 amide bonds. The number of ether oxygens (including phenoxy) is 2. The number of carbonyl (C=O) groups excluding carboxylic acids is 2. The monoisotopic (exact) mass is 376 g/mol. The third-order valence-corrected chi connectivity index (χ3v) is 4.39. The molecule has 1 atom stereocenters. The quantitative estimate of drug-likeness (QED) is 0.668. The van der Waals surface area contributed by atoms with Gasteiger partial charge in [0.2, 0.25) is 5.91 Å². The molecule has 1 aromatic carbocycles. The van der Waals surface area contributed by atoms with Crippen LogP contribution in [0.15, 0.2) is 18.2 Å². The maximum absolute atomic E-state index is 12.9. The number of aromatic nitrogens is 2. The molecule has 0 bridgehead atoms. The van der Waals surface area contributed by atoms with Crippen LogP contribution in [0.3, 0.4) is 0 Å². The van der Waals surface area contributed by atoms with Crippen molar-refractivity contribution < 1.29 is 24.2 Å². The Kier molecular flexibility index (Phi) is 5.73. The van der Waals surface area contributed by atoms with Crippen LogP contribution in [0.1, 0.15) is 16.2 Å². The highest BCUT2D eigenvalue weighted by atomic mass is 16.5. The Hall–Kier alpha value is -2.49. The summed E-state index contributed by atoms with van der Waals surface area (Å²) in [5.41, 5.74) is 0.704.